The van der Waals surface area contributed by atoms with Crippen LogP contribution < -0.4 is 5.32 Å². The van der Waals surface area contributed by atoms with E-state index in [1.165, 1.54) is 0 Å². The Balaban J connectivity index is 3.17. The van der Waals surface area contributed by atoms with Crippen molar-refractivity contribution < 1.29 is 19.1 Å². The highest BCUT2D eigenvalue weighted by Crippen LogP contribution is 2.17. The summed E-state index contributed by atoms with van der Waals surface area (Å²) in [5, 5.41) is 11.1. The van der Waals surface area contributed by atoms with Crippen molar-refractivity contribution in [3.8, 4) is 6.07 Å². The molecule has 0 bridgehead atoms. The van der Waals surface area contributed by atoms with Crippen LogP contribution in [0.15, 0.2) is 11.3 Å². The number of amides is 3. The second-order valence-electron chi connectivity index (χ2n) is 3.78. The molecule has 0 aromatic rings. The number of nitrogens with one attached hydrogen (secondary N) is 1. The van der Waals surface area contributed by atoms with Crippen molar-refractivity contribution >= 4 is 17.9 Å². The fourth-order valence-electron chi connectivity index (χ4n) is 1.48. The maximum absolute atomic E-state index is 11.9. The van der Waals surface area contributed by atoms with E-state index in [1.54, 1.807) is 26.8 Å². The average molecular weight is 251 g/mol. The van der Waals surface area contributed by atoms with Crippen LogP contribution in [0.5, 0.6) is 0 Å². The standard InChI is InChI=1S/C11H13N3O4/c1-4-18-10(16)7(5-12)8-9(15)14(6(2)3)11(17)13-8/h6H,4H2,1-3H3,(H,13,17)/b8-7-. The van der Waals surface area contributed by atoms with Crippen molar-refractivity contribution in [1.29, 1.82) is 5.26 Å². The number of ether oxygens (including phenoxy) is 1. The average Bonchev–Trinajstić information content (AvgIpc) is 2.56. The molecule has 1 rings (SSSR count). The van der Waals surface area contributed by atoms with Gasteiger partial charge in [0.2, 0.25) is 0 Å². The minimum atomic E-state index is -0.922. The molecule has 1 aliphatic heterocycles. The normalized spacial score (nSPS) is 17.6. The van der Waals surface area contributed by atoms with Crippen LogP contribution in [0.25, 0.3) is 0 Å². The fourth-order valence-corrected chi connectivity index (χ4v) is 1.48. The van der Waals surface area contributed by atoms with E-state index in [0.717, 1.165) is 4.90 Å². The van der Waals surface area contributed by atoms with Gasteiger partial charge in [0.25, 0.3) is 5.91 Å². The topological polar surface area (TPSA) is 99.5 Å². The van der Waals surface area contributed by atoms with E-state index in [9.17, 15) is 14.4 Å². The number of imide groups is 1. The molecule has 1 saturated heterocycles. The molecule has 96 valence electrons. The van der Waals surface area contributed by atoms with Crippen molar-refractivity contribution in [2.75, 3.05) is 6.61 Å². The molecule has 0 radical (unpaired) electrons. The monoisotopic (exact) mass is 251 g/mol. The maximum Gasteiger partial charge on any atom is 0.351 e. The molecule has 1 aliphatic rings. The van der Waals surface area contributed by atoms with Crippen LogP contribution in [0.4, 0.5) is 4.79 Å². The predicted molar refractivity (Wildman–Crippen MR) is 59.8 cm³/mol. The zero-order valence-corrected chi connectivity index (χ0v) is 10.3. The molecule has 0 aromatic carbocycles. The number of esters is 1. The van der Waals surface area contributed by atoms with Gasteiger partial charge in [-0.2, -0.15) is 5.26 Å². The summed E-state index contributed by atoms with van der Waals surface area (Å²) in [6.07, 6.45) is 0. The zero-order valence-electron chi connectivity index (χ0n) is 10.3. The molecule has 1 fully saturated rings. The maximum atomic E-state index is 11.9. The molecule has 0 atom stereocenters. The molecule has 0 unspecified atom stereocenters. The molecule has 1 heterocycles. The van der Waals surface area contributed by atoms with Crippen molar-refractivity contribution in [2.24, 2.45) is 0 Å². The van der Waals surface area contributed by atoms with Gasteiger partial charge < -0.3 is 10.1 Å². The van der Waals surface area contributed by atoms with Gasteiger partial charge >= 0.3 is 12.0 Å². The van der Waals surface area contributed by atoms with E-state index in [2.05, 4.69) is 10.1 Å². The van der Waals surface area contributed by atoms with Crippen LogP contribution in [0.1, 0.15) is 20.8 Å². The Labute approximate surface area is 104 Å². The highest BCUT2D eigenvalue weighted by Gasteiger charge is 2.39. The quantitative estimate of drug-likeness (QED) is 0.336. The summed E-state index contributed by atoms with van der Waals surface area (Å²) in [4.78, 5) is 35.8. The molecule has 0 aliphatic carbocycles. The first-order valence-electron chi connectivity index (χ1n) is 5.40. The molecule has 0 saturated carbocycles. The number of urea groups is 1. The minimum Gasteiger partial charge on any atom is -0.462 e. The molecule has 18 heavy (non-hydrogen) atoms. The molecular formula is C11H13N3O4. The lowest BCUT2D eigenvalue weighted by Gasteiger charge is -2.15. The Kier molecular flexibility index (Phi) is 4.05. The third-order valence-electron chi connectivity index (χ3n) is 2.24. The summed E-state index contributed by atoms with van der Waals surface area (Å²) in [6.45, 7) is 4.95. The van der Waals surface area contributed by atoms with Crippen LogP contribution in [0.2, 0.25) is 0 Å². The van der Waals surface area contributed by atoms with E-state index in [0.29, 0.717) is 0 Å². The lowest BCUT2D eigenvalue weighted by molar-refractivity contribution is -0.138. The number of carbonyl (C=O) groups excluding carboxylic acids is 3. The Morgan fingerprint density at radius 1 is 1.50 bits per heavy atom. The van der Waals surface area contributed by atoms with Gasteiger partial charge in [0.15, 0.2) is 5.57 Å². The third-order valence-corrected chi connectivity index (χ3v) is 2.24. The molecular weight excluding hydrogens is 238 g/mol. The number of nitrogens with zero attached hydrogens (tertiary/aromatic N) is 2. The van der Waals surface area contributed by atoms with Crippen LogP contribution in [-0.4, -0.2) is 35.5 Å². The first-order chi connectivity index (χ1) is 8.43. The van der Waals surface area contributed by atoms with Gasteiger partial charge in [0, 0.05) is 6.04 Å². The summed E-state index contributed by atoms with van der Waals surface area (Å²) in [6, 6.07) is 0.567. The van der Waals surface area contributed by atoms with E-state index >= 15 is 0 Å². The lowest BCUT2D eigenvalue weighted by atomic mass is 10.2. The molecule has 1 N–H and O–H groups in total. The first kappa shape index (κ1) is 13.7. The molecule has 7 nitrogen and oxygen atoms in total. The Morgan fingerprint density at radius 3 is 2.50 bits per heavy atom. The van der Waals surface area contributed by atoms with Crippen LogP contribution >= 0.6 is 0 Å². The number of hydrogen-bond donors (Lipinski definition) is 1. The summed E-state index contributed by atoms with van der Waals surface area (Å²) in [5.74, 6) is -1.62. The van der Waals surface area contributed by atoms with E-state index in [4.69, 9.17) is 5.26 Å². The second kappa shape index (κ2) is 5.31. The second-order valence-corrected chi connectivity index (χ2v) is 3.78. The van der Waals surface area contributed by atoms with Crippen LogP contribution in [0.3, 0.4) is 0 Å². The zero-order chi connectivity index (χ0) is 13.9. The smallest absolute Gasteiger partial charge is 0.351 e. The summed E-state index contributed by atoms with van der Waals surface area (Å²) >= 11 is 0. The van der Waals surface area contributed by atoms with Crippen LogP contribution in [0, 0.1) is 11.3 Å². The first-order valence-corrected chi connectivity index (χ1v) is 5.40. The van der Waals surface area contributed by atoms with Crippen LogP contribution in [-0.2, 0) is 14.3 Å². The third kappa shape index (κ3) is 2.32. The molecule has 0 spiro atoms. The molecule has 0 aromatic heterocycles. The van der Waals surface area contributed by atoms with Gasteiger partial charge in [-0.3, -0.25) is 9.69 Å². The highest BCUT2D eigenvalue weighted by atomic mass is 16.5. The van der Waals surface area contributed by atoms with Crippen molar-refractivity contribution in [3.63, 3.8) is 0 Å². The summed E-state index contributed by atoms with van der Waals surface area (Å²) < 4.78 is 4.65. The largest absolute Gasteiger partial charge is 0.462 e. The van der Waals surface area contributed by atoms with E-state index < -0.39 is 23.5 Å². The van der Waals surface area contributed by atoms with Gasteiger partial charge in [0.1, 0.15) is 11.8 Å². The highest BCUT2D eigenvalue weighted by molar-refractivity contribution is 6.16. The van der Waals surface area contributed by atoms with E-state index in [-0.39, 0.29) is 18.3 Å². The minimum absolute atomic E-state index is 0.0767. The Bertz CT molecular complexity index is 473. The summed E-state index contributed by atoms with van der Waals surface area (Å²) in [7, 11) is 0. The van der Waals surface area contributed by atoms with Crippen molar-refractivity contribution in [3.05, 3.63) is 11.3 Å². The van der Waals surface area contributed by atoms with Crippen molar-refractivity contribution in [1.82, 2.24) is 10.2 Å². The SMILES string of the molecule is CCOC(=O)/C(C#N)=C1\NC(=O)N(C(C)C)C1=O. The molecule has 3 amide bonds. The van der Waals surface area contributed by atoms with Crippen molar-refractivity contribution in [2.45, 2.75) is 26.8 Å². The fraction of sp³-hybridized carbons (Fsp3) is 0.455. The van der Waals surface area contributed by atoms with Gasteiger partial charge in [-0.05, 0) is 20.8 Å². The van der Waals surface area contributed by atoms with Gasteiger partial charge in [-0.25, -0.2) is 9.59 Å². The Hall–Kier alpha value is -2.36. The molecule has 7 heteroatoms. The van der Waals surface area contributed by atoms with Gasteiger partial charge in [0.05, 0.1) is 6.61 Å². The number of carbonyl (C=O) groups is 3. The van der Waals surface area contributed by atoms with Gasteiger partial charge in [-0.15, -0.1) is 0 Å². The predicted octanol–water partition coefficient (Wildman–Crippen LogP) is 0.287. The van der Waals surface area contributed by atoms with Gasteiger partial charge in [-0.1, -0.05) is 0 Å². The number of hydrogen-bond acceptors (Lipinski definition) is 5. The van der Waals surface area contributed by atoms with E-state index in [1.807, 2.05) is 0 Å². The number of nitriles is 1. The number of rotatable bonds is 3. The summed E-state index contributed by atoms with van der Waals surface area (Å²) in [5.41, 5.74) is -0.812. The Morgan fingerprint density at radius 2 is 2.11 bits per heavy atom. The lowest BCUT2D eigenvalue weighted by Crippen LogP contribution is -2.36.